The first kappa shape index (κ1) is 20.7. The van der Waals surface area contributed by atoms with Gasteiger partial charge in [0.2, 0.25) is 11.8 Å². The molecule has 2 aromatic rings. The third kappa shape index (κ3) is 6.26. The van der Waals surface area contributed by atoms with Crippen molar-refractivity contribution in [1.29, 1.82) is 0 Å². The third-order valence-corrected chi connectivity index (χ3v) is 4.98. The summed E-state index contributed by atoms with van der Waals surface area (Å²) >= 11 is 8.15. The second-order valence-corrected chi connectivity index (χ2v) is 7.44. The first-order valence-electron chi connectivity index (χ1n) is 8.21. The fourth-order valence-electron chi connectivity index (χ4n) is 2.36. The Kier molecular flexibility index (Phi) is 7.86. The summed E-state index contributed by atoms with van der Waals surface area (Å²) in [5.74, 6) is -0.331. The number of likely N-dealkylation sites (N-methyl/N-ethyl adjacent to an activating group) is 1. The number of hydrogen-bond donors (Lipinski definition) is 2. The maximum atomic E-state index is 12.3. The van der Waals surface area contributed by atoms with E-state index in [0.717, 1.165) is 14.8 Å². The highest BCUT2D eigenvalue weighted by Crippen LogP contribution is 2.20. The predicted octanol–water partition coefficient (Wildman–Crippen LogP) is 4.15. The lowest BCUT2D eigenvalue weighted by molar-refractivity contribution is -0.119. The molecule has 0 radical (unpaired) electrons. The molecule has 0 aliphatic rings. The summed E-state index contributed by atoms with van der Waals surface area (Å²) in [7, 11) is 0. The van der Waals surface area contributed by atoms with Gasteiger partial charge in [-0.15, -0.1) is 0 Å². The van der Waals surface area contributed by atoms with Crippen LogP contribution in [0.5, 0.6) is 0 Å². The molecule has 0 fully saturated rings. The van der Waals surface area contributed by atoms with Crippen LogP contribution >= 0.6 is 34.2 Å². The van der Waals surface area contributed by atoms with Crippen LogP contribution in [0, 0.1) is 10.5 Å². The Bertz CT molecular complexity index is 798. The van der Waals surface area contributed by atoms with E-state index in [-0.39, 0.29) is 24.9 Å². The molecule has 2 amide bonds. The van der Waals surface area contributed by atoms with Gasteiger partial charge in [0.1, 0.15) is 0 Å². The Hall–Kier alpha value is -1.64. The monoisotopic (exact) mass is 485 g/mol. The summed E-state index contributed by atoms with van der Waals surface area (Å²) in [5.41, 5.74) is 2.39. The van der Waals surface area contributed by atoms with Crippen molar-refractivity contribution >= 4 is 57.4 Å². The molecule has 2 rings (SSSR count). The van der Waals surface area contributed by atoms with Crippen molar-refractivity contribution in [3.05, 3.63) is 56.6 Å². The molecule has 2 aromatic carbocycles. The van der Waals surface area contributed by atoms with E-state index in [2.05, 4.69) is 33.2 Å². The van der Waals surface area contributed by atoms with Crippen molar-refractivity contribution in [1.82, 2.24) is 4.90 Å². The van der Waals surface area contributed by atoms with E-state index >= 15 is 0 Å². The van der Waals surface area contributed by atoms with Gasteiger partial charge in [-0.3, -0.25) is 14.5 Å². The molecule has 7 heteroatoms. The molecule has 0 heterocycles. The van der Waals surface area contributed by atoms with Crippen LogP contribution in [-0.4, -0.2) is 36.3 Å². The Labute approximate surface area is 172 Å². The molecule has 5 nitrogen and oxygen atoms in total. The van der Waals surface area contributed by atoms with Crippen molar-refractivity contribution < 1.29 is 9.59 Å². The highest BCUT2D eigenvalue weighted by Gasteiger charge is 2.15. The van der Waals surface area contributed by atoms with Crippen molar-refractivity contribution in [3.63, 3.8) is 0 Å². The third-order valence-electron chi connectivity index (χ3n) is 3.80. The van der Waals surface area contributed by atoms with Gasteiger partial charge in [0.05, 0.1) is 18.8 Å². The molecule has 0 atom stereocenters. The van der Waals surface area contributed by atoms with Gasteiger partial charge in [-0.05, 0) is 65.9 Å². The summed E-state index contributed by atoms with van der Waals surface area (Å²) < 4.78 is 0.968. The van der Waals surface area contributed by atoms with Gasteiger partial charge in [-0.25, -0.2) is 0 Å². The summed E-state index contributed by atoms with van der Waals surface area (Å²) in [4.78, 5) is 26.4. The van der Waals surface area contributed by atoms with Gasteiger partial charge < -0.3 is 10.6 Å². The molecule has 0 aliphatic carbocycles. The predicted molar refractivity (Wildman–Crippen MR) is 115 cm³/mol. The molecule has 0 aromatic heterocycles. The van der Waals surface area contributed by atoms with Crippen LogP contribution < -0.4 is 10.6 Å². The van der Waals surface area contributed by atoms with E-state index in [1.165, 1.54) is 0 Å². The maximum absolute atomic E-state index is 12.3. The summed E-state index contributed by atoms with van der Waals surface area (Å²) in [5, 5.41) is 6.29. The van der Waals surface area contributed by atoms with Crippen LogP contribution in [0.4, 0.5) is 11.4 Å². The molecular weight excluding hydrogens is 465 g/mol. The Morgan fingerprint density at radius 3 is 2.27 bits per heavy atom. The van der Waals surface area contributed by atoms with Crippen LogP contribution in [0.15, 0.2) is 42.5 Å². The number of amides is 2. The van der Waals surface area contributed by atoms with Gasteiger partial charge in [0.25, 0.3) is 0 Å². The first-order valence-corrected chi connectivity index (χ1v) is 9.67. The van der Waals surface area contributed by atoms with Gasteiger partial charge in [-0.2, -0.15) is 0 Å². The van der Waals surface area contributed by atoms with Gasteiger partial charge in [0, 0.05) is 14.3 Å². The van der Waals surface area contributed by atoms with Crippen LogP contribution in [0.3, 0.4) is 0 Å². The fraction of sp³-hybridized carbons (Fsp3) is 0.263. The Morgan fingerprint density at radius 2 is 1.65 bits per heavy atom. The number of nitrogens with zero attached hydrogens (tertiary/aromatic N) is 1. The van der Waals surface area contributed by atoms with Crippen molar-refractivity contribution in [2.45, 2.75) is 13.8 Å². The minimum atomic E-state index is -0.181. The van der Waals surface area contributed by atoms with Crippen LogP contribution in [0.25, 0.3) is 0 Å². The second-order valence-electron chi connectivity index (χ2n) is 5.84. The number of nitrogens with one attached hydrogen (secondary N) is 2. The van der Waals surface area contributed by atoms with Crippen molar-refractivity contribution in [2.75, 3.05) is 30.3 Å². The van der Waals surface area contributed by atoms with Crippen LogP contribution in [-0.2, 0) is 9.59 Å². The van der Waals surface area contributed by atoms with Crippen LogP contribution in [0.1, 0.15) is 12.5 Å². The molecule has 0 unspecified atom stereocenters. The van der Waals surface area contributed by atoms with Crippen molar-refractivity contribution in [3.8, 4) is 0 Å². The van der Waals surface area contributed by atoms with E-state index < -0.39 is 0 Å². The highest BCUT2D eigenvalue weighted by molar-refractivity contribution is 14.1. The molecule has 26 heavy (non-hydrogen) atoms. The SMILES string of the molecule is CCN(CC(=O)Nc1cc(Cl)ccc1C)CC(=O)Nc1ccccc1I. The molecule has 138 valence electrons. The molecule has 0 aliphatic heterocycles. The Morgan fingerprint density at radius 1 is 1.04 bits per heavy atom. The number of anilines is 2. The standard InChI is InChI=1S/C19H21ClIN3O2/c1-3-24(11-18(25)22-16-7-5-4-6-15(16)21)12-19(26)23-17-10-14(20)9-8-13(17)2/h4-10H,3,11-12H2,1-2H3,(H,22,25)(H,23,26). The molecule has 0 saturated carbocycles. The number of halogens is 2. The summed E-state index contributed by atoms with van der Waals surface area (Å²) in [6, 6.07) is 12.9. The van der Waals surface area contributed by atoms with Crippen molar-refractivity contribution in [2.24, 2.45) is 0 Å². The van der Waals surface area contributed by atoms with E-state index in [4.69, 9.17) is 11.6 Å². The van der Waals surface area contributed by atoms with Gasteiger partial charge in [-0.1, -0.05) is 36.7 Å². The van der Waals surface area contributed by atoms with Gasteiger partial charge >= 0.3 is 0 Å². The maximum Gasteiger partial charge on any atom is 0.238 e. The van der Waals surface area contributed by atoms with E-state index in [1.807, 2.05) is 44.2 Å². The molecule has 0 spiro atoms. The molecule has 0 saturated heterocycles. The summed E-state index contributed by atoms with van der Waals surface area (Å²) in [6.45, 7) is 4.67. The number of carbonyl (C=O) groups excluding carboxylic acids is 2. The van der Waals surface area contributed by atoms with Crippen LogP contribution in [0.2, 0.25) is 5.02 Å². The molecule has 2 N–H and O–H groups in total. The average Bonchev–Trinajstić information content (AvgIpc) is 2.59. The molecule has 0 bridgehead atoms. The minimum Gasteiger partial charge on any atom is -0.325 e. The van der Waals surface area contributed by atoms with E-state index in [0.29, 0.717) is 17.3 Å². The largest absolute Gasteiger partial charge is 0.325 e. The number of aryl methyl sites for hydroxylation is 1. The number of rotatable bonds is 7. The zero-order chi connectivity index (χ0) is 19.1. The Balaban J connectivity index is 1.91. The normalized spacial score (nSPS) is 10.7. The second kappa shape index (κ2) is 9.89. The topological polar surface area (TPSA) is 61.4 Å². The minimum absolute atomic E-state index is 0.127. The molecular formula is C19H21ClIN3O2. The fourth-order valence-corrected chi connectivity index (χ4v) is 3.05. The zero-order valence-electron chi connectivity index (χ0n) is 14.7. The highest BCUT2D eigenvalue weighted by atomic mass is 127. The number of carbonyl (C=O) groups is 2. The smallest absolute Gasteiger partial charge is 0.238 e. The van der Waals surface area contributed by atoms with Gasteiger partial charge in [0.15, 0.2) is 0 Å². The number of para-hydroxylation sites is 1. The first-order chi connectivity index (χ1) is 12.4. The lowest BCUT2D eigenvalue weighted by Crippen LogP contribution is -2.38. The lowest BCUT2D eigenvalue weighted by Gasteiger charge is -2.20. The summed E-state index contributed by atoms with van der Waals surface area (Å²) in [6.07, 6.45) is 0. The quantitative estimate of drug-likeness (QED) is 0.579. The van der Waals surface area contributed by atoms with E-state index in [9.17, 15) is 9.59 Å². The van der Waals surface area contributed by atoms with E-state index in [1.54, 1.807) is 17.0 Å². The number of hydrogen-bond acceptors (Lipinski definition) is 3. The lowest BCUT2D eigenvalue weighted by atomic mass is 10.2. The zero-order valence-corrected chi connectivity index (χ0v) is 17.6. The average molecular weight is 486 g/mol. The number of benzene rings is 2.